The monoisotopic (exact) mass is 216 g/mol. The van der Waals surface area contributed by atoms with E-state index in [2.05, 4.69) is 32.6 Å². The van der Waals surface area contributed by atoms with Gasteiger partial charge < -0.3 is 15.4 Å². The molecule has 0 fully saturated rings. The molecule has 0 aromatic carbocycles. The molecule has 0 aliphatic carbocycles. The van der Waals surface area contributed by atoms with Crippen LogP contribution >= 0.6 is 0 Å². The predicted octanol–water partition coefficient (Wildman–Crippen LogP) is 1.72. The highest BCUT2D eigenvalue weighted by Gasteiger charge is 2.14. The fraction of sp³-hybridized carbons (Fsp3) is 1.00. The van der Waals surface area contributed by atoms with E-state index in [0.29, 0.717) is 5.92 Å². The second kappa shape index (κ2) is 7.20. The van der Waals surface area contributed by atoms with Crippen molar-refractivity contribution in [2.24, 2.45) is 11.7 Å². The fourth-order valence-corrected chi connectivity index (χ4v) is 1.48. The van der Waals surface area contributed by atoms with E-state index in [0.717, 1.165) is 32.7 Å². The van der Waals surface area contributed by atoms with E-state index < -0.39 is 0 Å². The van der Waals surface area contributed by atoms with Gasteiger partial charge in [0.05, 0.1) is 6.61 Å². The molecule has 0 bridgehead atoms. The Balaban J connectivity index is 3.89. The molecule has 0 saturated heterocycles. The van der Waals surface area contributed by atoms with E-state index in [1.165, 1.54) is 0 Å². The third-order valence-electron chi connectivity index (χ3n) is 2.31. The molecular weight excluding hydrogens is 188 g/mol. The van der Waals surface area contributed by atoms with Gasteiger partial charge in [0.2, 0.25) is 0 Å². The van der Waals surface area contributed by atoms with Crippen LogP contribution in [-0.2, 0) is 4.74 Å². The molecule has 0 aromatic heterocycles. The Kier molecular flexibility index (Phi) is 7.14. The highest BCUT2D eigenvalue weighted by atomic mass is 16.5. The highest BCUT2D eigenvalue weighted by molar-refractivity contribution is 4.74. The van der Waals surface area contributed by atoms with Gasteiger partial charge in [-0.15, -0.1) is 0 Å². The normalized spacial score (nSPS) is 12.8. The van der Waals surface area contributed by atoms with E-state index in [1.807, 2.05) is 0 Å². The summed E-state index contributed by atoms with van der Waals surface area (Å²) in [5.41, 5.74) is 5.92. The van der Waals surface area contributed by atoms with Gasteiger partial charge in [-0.3, -0.25) is 0 Å². The topological polar surface area (TPSA) is 38.5 Å². The maximum absolute atomic E-state index is 5.99. The molecule has 0 saturated carbocycles. The van der Waals surface area contributed by atoms with Crippen LogP contribution in [0.1, 0.15) is 34.1 Å². The number of hydrogen-bond acceptors (Lipinski definition) is 3. The van der Waals surface area contributed by atoms with Crippen LogP contribution in [0, 0.1) is 5.92 Å². The van der Waals surface area contributed by atoms with E-state index in [1.54, 1.807) is 7.11 Å². The molecule has 0 radical (unpaired) electrons. The number of methoxy groups -OCH3 is 1. The minimum Gasteiger partial charge on any atom is -0.383 e. The van der Waals surface area contributed by atoms with Gasteiger partial charge in [0, 0.05) is 25.7 Å². The van der Waals surface area contributed by atoms with E-state index in [-0.39, 0.29) is 5.54 Å². The van der Waals surface area contributed by atoms with Gasteiger partial charge in [0.15, 0.2) is 0 Å². The lowest BCUT2D eigenvalue weighted by molar-refractivity contribution is 0.135. The number of nitrogens with two attached hydrogens (primary N) is 1. The molecule has 92 valence electrons. The van der Waals surface area contributed by atoms with E-state index >= 15 is 0 Å². The molecule has 0 aromatic rings. The van der Waals surface area contributed by atoms with Crippen LogP contribution in [0.25, 0.3) is 0 Å². The van der Waals surface area contributed by atoms with Crippen molar-refractivity contribution in [3.63, 3.8) is 0 Å². The van der Waals surface area contributed by atoms with Crippen molar-refractivity contribution in [3.05, 3.63) is 0 Å². The summed E-state index contributed by atoms with van der Waals surface area (Å²) in [5, 5.41) is 0. The minimum absolute atomic E-state index is 0.0672. The van der Waals surface area contributed by atoms with Crippen LogP contribution in [0.15, 0.2) is 0 Å². The molecule has 0 aliphatic heterocycles. The first-order chi connectivity index (χ1) is 6.85. The standard InChI is InChI=1S/C12H28N2O/c1-11(2)10-14(8-9-15-5)7-6-12(3,4)13/h11H,6-10,13H2,1-5H3. The van der Waals surface area contributed by atoms with Crippen LogP contribution in [0.4, 0.5) is 0 Å². The number of rotatable bonds is 8. The summed E-state index contributed by atoms with van der Waals surface area (Å²) in [6.45, 7) is 12.6. The minimum atomic E-state index is -0.0672. The van der Waals surface area contributed by atoms with Crippen molar-refractivity contribution in [1.82, 2.24) is 4.90 Å². The molecule has 2 N–H and O–H groups in total. The van der Waals surface area contributed by atoms with Crippen molar-refractivity contribution in [1.29, 1.82) is 0 Å². The van der Waals surface area contributed by atoms with Crippen molar-refractivity contribution >= 4 is 0 Å². The van der Waals surface area contributed by atoms with Gasteiger partial charge in [-0.2, -0.15) is 0 Å². The summed E-state index contributed by atoms with van der Waals surface area (Å²) in [7, 11) is 1.75. The summed E-state index contributed by atoms with van der Waals surface area (Å²) < 4.78 is 5.11. The molecule has 15 heavy (non-hydrogen) atoms. The first-order valence-corrected chi connectivity index (χ1v) is 5.85. The zero-order valence-corrected chi connectivity index (χ0v) is 11.0. The van der Waals surface area contributed by atoms with Gasteiger partial charge >= 0.3 is 0 Å². The number of hydrogen-bond donors (Lipinski definition) is 1. The molecule has 0 unspecified atom stereocenters. The van der Waals surface area contributed by atoms with Crippen molar-refractivity contribution < 1.29 is 4.74 Å². The second-order valence-corrected chi connectivity index (χ2v) is 5.43. The third kappa shape index (κ3) is 10.2. The lowest BCUT2D eigenvalue weighted by Gasteiger charge is -2.27. The molecule has 0 heterocycles. The summed E-state index contributed by atoms with van der Waals surface area (Å²) in [4.78, 5) is 2.43. The maximum Gasteiger partial charge on any atom is 0.0589 e. The van der Waals surface area contributed by atoms with Gasteiger partial charge in [-0.05, 0) is 32.7 Å². The fourth-order valence-electron chi connectivity index (χ4n) is 1.48. The average molecular weight is 216 g/mol. The molecule has 0 rings (SSSR count). The van der Waals surface area contributed by atoms with Gasteiger partial charge in [0.1, 0.15) is 0 Å². The zero-order chi connectivity index (χ0) is 11.9. The average Bonchev–Trinajstić information content (AvgIpc) is 2.07. The highest BCUT2D eigenvalue weighted by Crippen LogP contribution is 2.07. The first kappa shape index (κ1) is 14.9. The van der Waals surface area contributed by atoms with Crippen LogP contribution in [0.3, 0.4) is 0 Å². The molecule has 0 atom stereocenters. The van der Waals surface area contributed by atoms with Gasteiger partial charge in [0.25, 0.3) is 0 Å². The number of ether oxygens (including phenoxy) is 1. The smallest absolute Gasteiger partial charge is 0.0589 e. The molecule has 0 spiro atoms. The lowest BCUT2D eigenvalue weighted by Crippen LogP contribution is -2.39. The van der Waals surface area contributed by atoms with Crippen LogP contribution in [0.2, 0.25) is 0 Å². The van der Waals surface area contributed by atoms with E-state index in [4.69, 9.17) is 10.5 Å². The predicted molar refractivity (Wildman–Crippen MR) is 66.0 cm³/mol. The van der Waals surface area contributed by atoms with Gasteiger partial charge in [-0.25, -0.2) is 0 Å². The quantitative estimate of drug-likeness (QED) is 0.671. The first-order valence-electron chi connectivity index (χ1n) is 5.85. The van der Waals surface area contributed by atoms with Crippen molar-refractivity contribution in [2.75, 3.05) is 33.4 Å². The maximum atomic E-state index is 5.99. The summed E-state index contributed by atoms with van der Waals surface area (Å²) in [6, 6.07) is 0. The Bertz CT molecular complexity index is 152. The van der Waals surface area contributed by atoms with E-state index in [9.17, 15) is 0 Å². The number of nitrogens with zero attached hydrogens (tertiary/aromatic N) is 1. The Morgan fingerprint density at radius 3 is 2.27 bits per heavy atom. The zero-order valence-electron chi connectivity index (χ0n) is 11.0. The van der Waals surface area contributed by atoms with Gasteiger partial charge in [-0.1, -0.05) is 13.8 Å². The largest absolute Gasteiger partial charge is 0.383 e. The summed E-state index contributed by atoms with van der Waals surface area (Å²) in [6.07, 6.45) is 1.03. The SMILES string of the molecule is COCCN(CCC(C)(C)N)CC(C)C. The van der Waals surface area contributed by atoms with Crippen LogP contribution in [-0.4, -0.2) is 43.8 Å². The molecular formula is C12H28N2O. The third-order valence-corrected chi connectivity index (χ3v) is 2.31. The summed E-state index contributed by atoms with van der Waals surface area (Å²) >= 11 is 0. The molecule has 0 aliphatic rings. The molecule has 3 nitrogen and oxygen atoms in total. The molecule has 0 amide bonds. The van der Waals surface area contributed by atoms with Crippen LogP contribution in [0.5, 0.6) is 0 Å². The Morgan fingerprint density at radius 1 is 1.27 bits per heavy atom. The van der Waals surface area contributed by atoms with Crippen LogP contribution < -0.4 is 5.73 Å². The van der Waals surface area contributed by atoms with Crippen molar-refractivity contribution in [3.8, 4) is 0 Å². The van der Waals surface area contributed by atoms with Crippen molar-refractivity contribution in [2.45, 2.75) is 39.7 Å². The summed E-state index contributed by atoms with van der Waals surface area (Å²) in [5.74, 6) is 0.697. The Hall–Kier alpha value is -0.120. The second-order valence-electron chi connectivity index (χ2n) is 5.43. The Morgan fingerprint density at radius 2 is 1.87 bits per heavy atom. The molecule has 3 heteroatoms. The lowest BCUT2D eigenvalue weighted by atomic mass is 10.0. The Labute approximate surface area is 95.0 Å².